The highest BCUT2D eigenvalue weighted by Crippen LogP contribution is 2.42. The molecule has 7 nitrogen and oxygen atoms in total. The SMILES string of the molecule is Cl.NCc1cn2cc(C3CC3)cc(N3CC(=O)N(C4CC4)C3=O)c2n1. The normalized spacial score (nSPS) is 20.5. The van der Waals surface area contributed by atoms with E-state index in [1.54, 1.807) is 4.90 Å². The minimum Gasteiger partial charge on any atom is -0.325 e. The lowest BCUT2D eigenvalue weighted by Crippen LogP contribution is -2.34. The van der Waals surface area contributed by atoms with Crippen molar-refractivity contribution < 1.29 is 9.59 Å². The van der Waals surface area contributed by atoms with Gasteiger partial charge in [0.25, 0.3) is 5.91 Å². The second-order valence-electron chi connectivity index (χ2n) is 6.96. The summed E-state index contributed by atoms with van der Waals surface area (Å²) >= 11 is 0. The monoisotopic (exact) mass is 361 g/mol. The number of fused-ring (bicyclic) bond motifs is 1. The predicted molar refractivity (Wildman–Crippen MR) is 94.9 cm³/mol. The number of imidazole rings is 1. The van der Waals surface area contributed by atoms with Crippen LogP contribution in [-0.4, -0.2) is 38.8 Å². The van der Waals surface area contributed by atoms with Crippen LogP contribution < -0.4 is 10.6 Å². The van der Waals surface area contributed by atoms with Gasteiger partial charge < -0.3 is 10.1 Å². The van der Waals surface area contributed by atoms with Gasteiger partial charge >= 0.3 is 6.03 Å². The Hall–Kier alpha value is -2.12. The number of amides is 3. The number of pyridine rings is 1. The summed E-state index contributed by atoms with van der Waals surface area (Å²) in [5, 5.41) is 0. The van der Waals surface area contributed by atoms with E-state index in [0.717, 1.165) is 24.2 Å². The van der Waals surface area contributed by atoms with Gasteiger partial charge in [-0.25, -0.2) is 9.78 Å². The van der Waals surface area contributed by atoms with Crippen LogP contribution in [0.15, 0.2) is 18.5 Å². The number of urea groups is 1. The number of nitrogens with zero attached hydrogens (tertiary/aromatic N) is 4. The molecule has 1 aliphatic heterocycles. The van der Waals surface area contributed by atoms with Crippen LogP contribution in [0.5, 0.6) is 0 Å². The maximum absolute atomic E-state index is 12.8. The van der Waals surface area contributed by atoms with Crippen molar-refractivity contribution in [2.24, 2.45) is 5.73 Å². The summed E-state index contributed by atoms with van der Waals surface area (Å²) in [6.45, 7) is 0.449. The van der Waals surface area contributed by atoms with E-state index in [1.807, 2.05) is 16.7 Å². The molecule has 3 aliphatic rings. The minimum absolute atomic E-state index is 0. The molecule has 0 unspecified atom stereocenters. The van der Waals surface area contributed by atoms with Crippen molar-refractivity contribution >= 4 is 35.7 Å². The Morgan fingerprint density at radius 3 is 2.56 bits per heavy atom. The summed E-state index contributed by atoms with van der Waals surface area (Å²) in [7, 11) is 0. The number of nitrogens with two attached hydrogens (primary N) is 1. The summed E-state index contributed by atoms with van der Waals surface area (Å²) in [6.07, 6.45) is 8.16. The lowest BCUT2D eigenvalue weighted by Gasteiger charge is -2.18. The zero-order valence-corrected chi connectivity index (χ0v) is 14.5. The molecular formula is C17H20ClN5O2. The third-order valence-corrected chi connectivity index (χ3v) is 5.06. The number of halogens is 1. The Morgan fingerprint density at radius 1 is 1.16 bits per heavy atom. The average molecular weight is 362 g/mol. The van der Waals surface area contributed by atoms with E-state index in [9.17, 15) is 9.59 Å². The van der Waals surface area contributed by atoms with Gasteiger partial charge in [0.2, 0.25) is 0 Å². The molecule has 0 aromatic carbocycles. The van der Waals surface area contributed by atoms with Crippen LogP contribution in [0.25, 0.3) is 5.65 Å². The highest BCUT2D eigenvalue weighted by atomic mass is 35.5. The quantitative estimate of drug-likeness (QED) is 0.844. The first-order chi connectivity index (χ1) is 11.7. The third-order valence-electron chi connectivity index (χ3n) is 5.06. The lowest BCUT2D eigenvalue weighted by molar-refractivity contribution is -0.125. The Bertz CT molecular complexity index is 871. The van der Waals surface area contributed by atoms with Crippen LogP contribution in [0, 0.1) is 0 Å². The van der Waals surface area contributed by atoms with Crippen molar-refractivity contribution in [2.75, 3.05) is 11.4 Å². The molecule has 0 spiro atoms. The van der Waals surface area contributed by atoms with E-state index in [1.165, 1.54) is 23.3 Å². The predicted octanol–water partition coefficient (Wildman–Crippen LogP) is 2.02. The van der Waals surface area contributed by atoms with Crippen molar-refractivity contribution in [1.29, 1.82) is 0 Å². The summed E-state index contributed by atoms with van der Waals surface area (Å²) in [6, 6.07) is 1.91. The molecule has 3 heterocycles. The van der Waals surface area contributed by atoms with Crippen LogP contribution in [0.3, 0.4) is 0 Å². The zero-order valence-electron chi connectivity index (χ0n) is 13.7. The Labute approximate surface area is 151 Å². The average Bonchev–Trinajstić information content (AvgIpc) is 3.49. The van der Waals surface area contributed by atoms with Gasteiger partial charge in [-0.15, -0.1) is 12.4 Å². The van der Waals surface area contributed by atoms with Crippen molar-refractivity contribution in [1.82, 2.24) is 14.3 Å². The molecule has 0 atom stereocenters. The second kappa shape index (κ2) is 5.71. The Kier molecular flexibility index (Phi) is 3.73. The van der Waals surface area contributed by atoms with E-state index in [0.29, 0.717) is 18.1 Å². The lowest BCUT2D eigenvalue weighted by atomic mass is 10.1. The number of imide groups is 1. The summed E-state index contributed by atoms with van der Waals surface area (Å²) in [5.41, 5.74) is 9.12. The molecule has 8 heteroatoms. The van der Waals surface area contributed by atoms with Crippen molar-refractivity contribution in [3.63, 3.8) is 0 Å². The molecular weight excluding hydrogens is 342 g/mol. The smallest absolute Gasteiger partial charge is 0.325 e. The van der Waals surface area contributed by atoms with Gasteiger partial charge in [-0.1, -0.05) is 0 Å². The van der Waals surface area contributed by atoms with Crippen molar-refractivity contribution in [3.8, 4) is 0 Å². The van der Waals surface area contributed by atoms with Gasteiger partial charge in [-0.3, -0.25) is 14.6 Å². The molecule has 25 heavy (non-hydrogen) atoms. The third kappa shape index (κ3) is 2.58. The molecule has 132 valence electrons. The fraction of sp³-hybridized carbons (Fsp3) is 0.471. The molecule has 0 bridgehead atoms. The Morgan fingerprint density at radius 2 is 1.92 bits per heavy atom. The first kappa shape index (κ1) is 16.4. The molecule has 2 saturated carbocycles. The topological polar surface area (TPSA) is 83.9 Å². The van der Waals surface area contributed by atoms with Crippen molar-refractivity contribution in [3.05, 3.63) is 29.7 Å². The first-order valence-corrected chi connectivity index (χ1v) is 8.51. The number of anilines is 1. The molecule has 3 amide bonds. The maximum Gasteiger partial charge on any atom is 0.332 e. The highest BCUT2D eigenvalue weighted by molar-refractivity contribution is 6.14. The van der Waals surface area contributed by atoms with Gasteiger partial charge in [0.1, 0.15) is 6.54 Å². The van der Waals surface area contributed by atoms with Crippen LogP contribution in [-0.2, 0) is 11.3 Å². The molecule has 2 aromatic heterocycles. The molecule has 2 aliphatic carbocycles. The van der Waals surface area contributed by atoms with Crippen LogP contribution in [0.1, 0.15) is 42.9 Å². The van der Waals surface area contributed by atoms with Crippen molar-refractivity contribution in [2.45, 2.75) is 44.2 Å². The molecule has 2 aromatic rings. The zero-order chi connectivity index (χ0) is 16.4. The fourth-order valence-electron chi connectivity index (χ4n) is 3.49. The standard InChI is InChI=1S/C17H19N5O2.ClH/c18-6-12-8-20-7-11(10-1-2-10)5-14(16(20)19-12)21-9-15(23)22(17(21)24)13-3-4-13;/h5,7-8,10,13H,1-4,6,9,18H2;1H. The van der Waals surface area contributed by atoms with Crippen LogP contribution >= 0.6 is 12.4 Å². The molecule has 1 saturated heterocycles. The minimum atomic E-state index is -0.213. The molecule has 3 fully saturated rings. The van der Waals surface area contributed by atoms with Crippen LogP contribution in [0.4, 0.5) is 10.5 Å². The van der Waals surface area contributed by atoms with E-state index < -0.39 is 0 Å². The molecule has 2 N–H and O–H groups in total. The largest absolute Gasteiger partial charge is 0.332 e. The first-order valence-electron chi connectivity index (χ1n) is 8.51. The number of hydrogen-bond donors (Lipinski definition) is 1. The van der Waals surface area contributed by atoms with Gasteiger partial charge in [0.15, 0.2) is 5.65 Å². The number of carbonyl (C=O) groups excluding carboxylic acids is 2. The summed E-state index contributed by atoms with van der Waals surface area (Å²) < 4.78 is 1.95. The van der Waals surface area contributed by atoms with E-state index in [4.69, 9.17) is 5.73 Å². The molecule has 5 rings (SSSR count). The summed E-state index contributed by atoms with van der Waals surface area (Å²) in [5.74, 6) is 0.438. The van der Waals surface area contributed by atoms with E-state index in [-0.39, 0.29) is 36.9 Å². The molecule has 0 radical (unpaired) electrons. The van der Waals surface area contributed by atoms with Gasteiger partial charge in [-0.2, -0.15) is 0 Å². The highest BCUT2D eigenvalue weighted by Gasteiger charge is 2.46. The number of carbonyl (C=O) groups is 2. The Balaban J connectivity index is 0.00000157. The van der Waals surface area contributed by atoms with E-state index in [2.05, 4.69) is 11.2 Å². The van der Waals surface area contributed by atoms with Gasteiger partial charge in [-0.05, 0) is 43.2 Å². The number of aromatic nitrogens is 2. The number of rotatable bonds is 4. The van der Waals surface area contributed by atoms with Crippen LogP contribution in [0.2, 0.25) is 0 Å². The fourth-order valence-corrected chi connectivity index (χ4v) is 3.49. The van der Waals surface area contributed by atoms with Gasteiger partial charge in [0, 0.05) is 25.0 Å². The maximum atomic E-state index is 12.8. The van der Waals surface area contributed by atoms with E-state index >= 15 is 0 Å². The second-order valence-corrected chi connectivity index (χ2v) is 6.96. The number of hydrogen-bond acceptors (Lipinski definition) is 4. The summed E-state index contributed by atoms with van der Waals surface area (Å²) in [4.78, 5) is 32.6. The van der Waals surface area contributed by atoms with Gasteiger partial charge in [0.05, 0.1) is 11.4 Å².